The molecule has 156 valence electrons. The van der Waals surface area contributed by atoms with Crippen LogP contribution in [0.5, 0.6) is 11.5 Å². The number of carbonyl (C=O) groups is 1. The summed E-state index contributed by atoms with van der Waals surface area (Å²) in [6.45, 7) is 2.99. The molecule has 0 aliphatic carbocycles. The van der Waals surface area contributed by atoms with Gasteiger partial charge in [-0.2, -0.15) is 0 Å². The number of nitrogens with zero attached hydrogens (tertiary/aromatic N) is 2. The van der Waals surface area contributed by atoms with Crippen molar-refractivity contribution >= 4 is 17.4 Å². The Morgan fingerprint density at radius 2 is 1.66 bits per heavy atom. The van der Waals surface area contributed by atoms with Crippen molar-refractivity contribution in [2.75, 3.05) is 50.6 Å². The molecule has 1 aliphatic rings. The van der Waals surface area contributed by atoms with Gasteiger partial charge in [-0.1, -0.05) is 25.0 Å². The van der Waals surface area contributed by atoms with Crippen molar-refractivity contribution in [1.29, 1.82) is 0 Å². The summed E-state index contributed by atoms with van der Waals surface area (Å²) in [6, 6.07) is 15.3. The van der Waals surface area contributed by atoms with Crippen molar-refractivity contribution < 1.29 is 14.3 Å². The van der Waals surface area contributed by atoms with Crippen molar-refractivity contribution in [2.24, 2.45) is 0 Å². The van der Waals surface area contributed by atoms with Gasteiger partial charge in [0.25, 0.3) is 0 Å². The number of methoxy groups -OCH3 is 1. The molecule has 3 rings (SSSR count). The van der Waals surface area contributed by atoms with Crippen LogP contribution in [0, 0.1) is 0 Å². The van der Waals surface area contributed by atoms with Gasteiger partial charge in [0.1, 0.15) is 18.1 Å². The van der Waals surface area contributed by atoms with Crippen LogP contribution >= 0.6 is 0 Å². The van der Waals surface area contributed by atoms with Crippen LogP contribution in [-0.2, 0) is 0 Å². The Balaban J connectivity index is 1.52. The van der Waals surface area contributed by atoms with Crippen LogP contribution in [0.15, 0.2) is 48.5 Å². The first-order valence-electron chi connectivity index (χ1n) is 10.3. The van der Waals surface area contributed by atoms with E-state index in [0.29, 0.717) is 13.2 Å². The van der Waals surface area contributed by atoms with E-state index in [9.17, 15) is 4.79 Å². The molecule has 2 aromatic rings. The number of ether oxygens (including phenoxy) is 2. The van der Waals surface area contributed by atoms with Crippen LogP contribution in [0.2, 0.25) is 0 Å². The highest BCUT2D eigenvalue weighted by atomic mass is 16.5. The molecule has 6 nitrogen and oxygen atoms in total. The van der Waals surface area contributed by atoms with Crippen molar-refractivity contribution in [3.05, 3.63) is 48.5 Å². The van der Waals surface area contributed by atoms with Gasteiger partial charge in [0.05, 0.1) is 25.0 Å². The molecule has 6 heteroatoms. The summed E-state index contributed by atoms with van der Waals surface area (Å²) >= 11 is 0. The van der Waals surface area contributed by atoms with E-state index in [1.54, 1.807) is 19.1 Å². The molecule has 0 bridgehead atoms. The van der Waals surface area contributed by atoms with E-state index >= 15 is 0 Å². The average Bonchev–Trinajstić information content (AvgIpc) is 3.04. The Morgan fingerprint density at radius 3 is 2.34 bits per heavy atom. The lowest BCUT2D eigenvalue weighted by Gasteiger charge is -2.26. The van der Waals surface area contributed by atoms with E-state index in [4.69, 9.17) is 9.47 Å². The fraction of sp³-hybridized carbons (Fsp3) is 0.435. The van der Waals surface area contributed by atoms with E-state index < -0.39 is 0 Å². The number of rotatable bonds is 7. The Bertz CT molecular complexity index is 771. The van der Waals surface area contributed by atoms with Crippen molar-refractivity contribution in [3.63, 3.8) is 0 Å². The van der Waals surface area contributed by atoms with E-state index in [1.807, 2.05) is 42.5 Å². The minimum absolute atomic E-state index is 0.134. The summed E-state index contributed by atoms with van der Waals surface area (Å²) in [5.41, 5.74) is 1.97. The van der Waals surface area contributed by atoms with Gasteiger partial charge >= 0.3 is 6.03 Å². The first kappa shape index (κ1) is 20.8. The molecule has 29 heavy (non-hydrogen) atoms. The molecular formula is C23H31N3O3. The first-order valence-corrected chi connectivity index (χ1v) is 10.3. The average molecular weight is 398 g/mol. The number of likely N-dealkylation sites (N-methyl/N-ethyl adjacent to an activating group) is 1. The molecule has 1 N–H and O–H groups in total. The highest BCUT2D eigenvalue weighted by molar-refractivity contribution is 5.93. The Kier molecular flexibility index (Phi) is 7.61. The Hall–Kier alpha value is -2.89. The van der Waals surface area contributed by atoms with Crippen LogP contribution in [0.25, 0.3) is 0 Å². The second kappa shape index (κ2) is 10.6. The quantitative estimate of drug-likeness (QED) is 0.741. The predicted octanol–water partition coefficient (Wildman–Crippen LogP) is 4.62. The highest BCUT2D eigenvalue weighted by Crippen LogP contribution is 2.28. The molecule has 0 aromatic heterocycles. The number of amides is 2. The molecule has 1 aliphatic heterocycles. The number of benzene rings is 2. The maximum Gasteiger partial charge on any atom is 0.321 e. The summed E-state index contributed by atoms with van der Waals surface area (Å²) < 4.78 is 10.9. The third kappa shape index (κ3) is 6.04. The first-order chi connectivity index (χ1) is 14.2. The van der Waals surface area contributed by atoms with Gasteiger partial charge in [-0.15, -0.1) is 0 Å². The molecule has 0 unspecified atom stereocenters. The lowest BCUT2D eigenvalue weighted by molar-refractivity contribution is 0.207. The smallest absolute Gasteiger partial charge is 0.321 e. The summed E-state index contributed by atoms with van der Waals surface area (Å²) in [4.78, 5) is 16.7. The number of urea groups is 1. The highest BCUT2D eigenvalue weighted by Gasteiger charge is 2.16. The fourth-order valence-electron chi connectivity index (χ4n) is 3.45. The van der Waals surface area contributed by atoms with Gasteiger partial charge in [0, 0.05) is 20.1 Å². The molecule has 1 heterocycles. The van der Waals surface area contributed by atoms with E-state index in [-0.39, 0.29) is 6.03 Å². The number of para-hydroxylation sites is 2. The number of hydrogen-bond acceptors (Lipinski definition) is 4. The molecule has 0 saturated carbocycles. The maximum absolute atomic E-state index is 12.7. The third-order valence-electron chi connectivity index (χ3n) is 5.19. The van der Waals surface area contributed by atoms with Gasteiger partial charge in [-0.05, 0) is 49.2 Å². The zero-order chi connectivity index (χ0) is 20.5. The lowest BCUT2D eigenvalue weighted by Crippen LogP contribution is -2.35. The number of hydrogen-bond donors (Lipinski definition) is 1. The molecule has 0 radical (unpaired) electrons. The molecule has 1 saturated heterocycles. The molecule has 2 aromatic carbocycles. The number of nitrogens with one attached hydrogen (secondary N) is 1. The SMILES string of the molecule is COc1ccc(OCCN(C)C(=O)Nc2ccccc2N2CCCCCC2)cc1. The van der Waals surface area contributed by atoms with Crippen LogP contribution in [0.4, 0.5) is 16.2 Å². The number of carbonyl (C=O) groups excluding carboxylic acids is 1. The number of anilines is 2. The predicted molar refractivity (Wildman–Crippen MR) is 117 cm³/mol. The molecule has 2 amide bonds. The van der Waals surface area contributed by atoms with E-state index in [1.165, 1.54) is 25.7 Å². The van der Waals surface area contributed by atoms with Gasteiger partial charge in [0.15, 0.2) is 0 Å². The maximum atomic E-state index is 12.7. The molecule has 0 atom stereocenters. The molecule has 1 fully saturated rings. The van der Waals surface area contributed by atoms with Crippen LogP contribution in [-0.4, -0.2) is 51.3 Å². The summed E-state index contributed by atoms with van der Waals surface area (Å²) in [5.74, 6) is 1.54. The van der Waals surface area contributed by atoms with Gasteiger partial charge < -0.3 is 24.6 Å². The summed E-state index contributed by atoms with van der Waals surface area (Å²) in [6.07, 6.45) is 4.96. The molecule has 0 spiro atoms. The Labute approximate surface area is 173 Å². The van der Waals surface area contributed by atoms with Crippen molar-refractivity contribution in [3.8, 4) is 11.5 Å². The van der Waals surface area contributed by atoms with Crippen LogP contribution in [0.1, 0.15) is 25.7 Å². The normalized spacial score (nSPS) is 14.1. The van der Waals surface area contributed by atoms with Crippen molar-refractivity contribution in [2.45, 2.75) is 25.7 Å². The van der Waals surface area contributed by atoms with Gasteiger partial charge in [-0.25, -0.2) is 4.79 Å². The summed E-state index contributed by atoms with van der Waals surface area (Å²) in [5, 5.41) is 3.06. The van der Waals surface area contributed by atoms with Gasteiger partial charge in [0.2, 0.25) is 0 Å². The van der Waals surface area contributed by atoms with Gasteiger partial charge in [-0.3, -0.25) is 0 Å². The third-order valence-corrected chi connectivity index (χ3v) is 5.19. The second-order valence-electron chi connectivity index (χ2n) is 7.29. The fourth-order valence-corrected chi connectivity index (χ4v) is 3.45. The van der Waals surface area contributed by atoms with Crippen LogP contribution in [0.3, 0.4) is 0 Å². The zero-order valence-electron chi connectivity index (χ0n) is 17.4. The van der Waals surface area contributed by atoms with Crippen molar-refractivity contribution in [1.82, 2.24) is 4.90 Å². The minimum atomic E-state index is -0.134. The van der Waals surface area contributed by atoms with Crippen LogP contribution < -0.4 is 19.7 Å². The second-order valence-corrected chi connectivity index (χ2v) is 7.29. The topological polar surface area (TPSA) is 54.0 Å². The standard InChI is InChI=1S/C23H31N3O3/c1-25(17-18-29-20-13-11-19(28-2)12-14-20)23(27)24-21-9-5-6-10-22(21)26-15-7-3-4-8-16-26/h5-6,9-14H,3-4,7-8,15-18H2,1-2H3,(H,24,27). The monoisotopic (exact) mass is 397 g/mol. The minimum Gasteiger partial charge on any atom is -0.497 e. The zero-order valence-corrected chi connectivity index (χ0v) is 17.4. The molecular weight excluding hydrogens is 366 g/mol. The lowest BCUT2D eigenvalue weighted by atomic mass is 10.2. The van der Waals surface area contributed by atoms with E-state index in [2.05, 4.69) is 16.3 Å². The largest absolute Gasteiger partial charge is 0.497 e. The summed E-state index contributed by atoms with van der Waals surface area (Å²) in [7, 11) is 3.41. The van der Waals surface area contributed by atoms with E-state index in [0.717, 1.165) is 36.0 Å². The Morgan fingerprint density at radius 1 is 1.00 bits per heavy atom.